The standard InChI is InChI=1S/C6H7ClN4/c1-10-5-4(3-8-10)9-11(2)6(5)7/h3H,1-2H3. The van der Waals surface area contributed by atoms with Crippen molar-refractivity contribution < 1.29 is 0 Å². The molecule has 0 aromatic carbocycles. The number of aryl methyl sites for hydroxylation is 2. The zero-order chi connectivity index (χ0) is 8.01. The van der Waals surface area contributed by atoms with Crippen molar-refractivity contribution in [3.8, 4) is 0 Å². The van der Waals surface area contributed by atoms with Gasteiger partial charge in [0.25, 0.3) is 0 Å². The van der Waals surface area contributed by atoms with Crippen LogP contribution in [0.5, 0.6) is 0 Å². The number of halogens is 1. The smallest absolute Gasteiger partial charge is 0.152 e. The molecule has 0 aliphatic rings. The van der Waals surface area contributed by atoms with E-state index in [0.717, 1.165) is 11.0 Å². The van der Waals surface area contributed by atoms with E-state index in [-0.39, 0.29) is 0 Å². The molecule has 0 spiro atoms. The van der Waals surface area contributed by atoms with Crippen LogP contribution in [0, 0.1) is 0 Å². The third-order valence-corrected chi connectivity index (χ3v) is 2.08. The fraction of sp³-hybridized carbons (Fsp3) is 0.333. The highest BCUT2D eigenvalue weighted by molar-refractivity contribution is 6.34. The third-order valence-electron chi connectivity index (χ3n) is 1.66. The van der Waals surface area contributed by atoms with Gasteiger partial charge in [-0.05, 0) is 0 Å². The molecule has 4 nitrogen and oxygen atoms in total. The zero-order valence-corrected chi connectivity index (χ0v) is 7.00. The lowest BCUT2D eigenvalue weighted by Crippen LogP contribution is -1.93. The Morgan fingerprint density at radius 3 is 2.73 bits per heavy atom. The number of rotatable bonds is 0. The van der Waals surface area contributed by atoms with E-state index in [1.807, 2.05) is 14.1 Å². The van der Waals surface area contributed by atoms with Gasteiger partial charge in [0.05, 0.1) is 6.20 Å². The number of hydrogen-bond acceptors (Lipinski definition) is 2. The van der Waals surface area contributed by atoms with E-state index >= 15 is 0 Å². The molecule has 0 aliphatic heterocycles. The van der Waals surface area contributed by atoms with Gasteiger partial charge in [0.1, 0.15) is 11.0 Å². The predicted molar refractivity (Wildman–Crippen MR) is 42.5 cm³/mol. The molecule has 11 heavy (non-hydrogen) atoms. The molecule has 0 unspecified atom stereocenters. The molecular formula is C6H7ClN4. The summed E-state index contributed by atoms with van der Waals surface area (Å²) in [6, 6.07) is 0. The average molecular weight is 171 g/mol. The van der Waals surface area contributed by atoms with Crippen molar-refractivity contribution in [1.82, 2.24) is 19.6 Å². The Bertz CT molecular complexity index is 400. The minimum atomic E-state index is 0.625. The highest BCUT2D eigenvalue weighted by Crippen LogP contribution is 2.20. The lowest BCUT2D eigenvalue weighted by Gasteiger charge is -1.91. The lowest BCUT2D eigenvalue weighted by atomic mass is 10.5. The van der Waals surface area contributed by atoms with Crippen LogP contribution in [0.3, 0.4) is 0 Å². The Morgan fingerprint density at radius 1 is 1.36 bits per heavy atom. The first-order valence-electron chi connectivity index (χ1n) is 3.20. The van der Waals surface area contributed by atoms with Crippen molar-refractivity contribution in [3.63, 3.8) is 0 Å². The molecule has 2 aromatic rings. The van der Waals surface area contributed by atoms with Gasteiger partial charge < -0.3 is 0 Å². The second-order valence-corrected chi connectivity index (χ2v) is 2.77. The van der Waals surface area contributed by atoms with Gasteiger partial charge in [-0.3, -0.25) is 9.36 Å². The van der Waals surface area contributed by atoms with Crippen LogP contribution in [-0.4, -0.2) is 19.6 Å². The van der Waals surface area contributed by atoms with Gasteiger partial charge in [-0.2, -0.15) is 10.2 Å². The Kier molecular flexibility index (Phi) is 1.20. The predicted octanol–water partition coefficient (Wildman–Crippen LogP) is 0.960. The van der Waals surface area contributed by atoms with Crippen molar-refractivity contribution >= 4 is 22.6 Å². The molecule has 2 aromatic heterocycles. The van der Waals surface area contributed by atoms with Crippen molar-refractivity contribution in [2.75, 3.05) is 0 Å². The topological polar surface area (TPSA) is 35.6 Å². The van der Waals surface area contributed by atoms with Crippen LogP contribution in [0.15, 0.2) is 6.20 Å². The highest BCUT2D eigenvalue weighted by atomic mass is 35.5. The molecule has 2 rings (SSSR count). The number of aromatic nitrogens is 4. The Balaban J connectivity index is 2.95. The van der Waals surface area contributed by atoms with E-state index in [1.165, 1.54) is 0 Å². The van der Waals surface area contributed by atoms with Crippen molar-refractivity contribution in [1.29, 1.82) is 0 Å². The maximum absolute atomic E-state index is 5.93. The molecule has 0 bridgehead atoms. The van der Waals surface area contributed by atoms with Crippen LogP contribution in [0.2, 0.25) is 5.15 Å². The van der Waals surface area contributed by atoms with E-state index in [0.29, 0.717) is 5.15 Å². The van der Waals surface area contributed by atoms with Gasteiger partial charge in [0.2, 0.25) is 0 Å². The summed E-state index contributed by atoms with van der Waals surface area (Å²) in [5.41, 5.74) is 1.72. The number of fused-ring (bicyclic) bond motifs is 1. The molecule has 0 radical (unpaired) electrons. The summed E-state index contributed by atoms with van der Waals surface area (Å²) in [7, 11) is 3.65. The summed E-state index contributed by atoms with van der Waals surface area (Å²) >= 11 is 5.93. The van der Waals surface area contributed by atoms with Crippen LogP contribution >= 0.6 is 11.6 Å². The first-order valence-corrected chi connectivity index (χ1v) is 3.58. The molecule has 2 heterocycles. The van der Waals surface area contributed by atoms with E-state index in [4.69, 9.17) is 11.6 Å². The molecule has 0 fully saturated rings. The first-order chi connectivity index (χ1) is 5.20. The van der Waals surface area contributed by atoms with E-state index in [1.54, 1.807) is 15.6 Å². The van der Waals surface area contributed by atoms with Gasteiger partial charge in [-0.25, -0.2) is 0 Å². The van der Waals surface area contributed by atoms with E-state index in [2.05, 4.69) is 10.2 Å². The highest BCUT2D eigenvalue weighted by Gasteiger charge is 2.09. The molecule has 0 N–H and O–H groups in total. The van der Waals surface area contributed by atoms with Crippen LogP contribution in [0.1, 0.15) is 0 Å². The van der Waals surface area contributed by atoms with E-state index in [9.17, 15) is 0 Å². The molecule has 0 atom stereocenters. The Morgan fingerprint density at radius 2 is 2.09 bits per heavy atom. The van der Waals surface area contributed by atoms with Gasteiger partial charge in [-0.1, -0.05) is 11.6 Å². The van der Waals surface area contributed by atoms with E-state index < -0.39 is 0 Å². The Labute approximate surface area is 68.4 Å². The fourth-order valence-electron chi connectivity index (χ4n) is 1.10. The van der Waals surface area contributed by atoms with Crippen molar-refractivity contribution in [2.45, 2.75) is 0 Å². The van der Waals surface area contributed by atoms with Crippen LogP contribution in [0.25, 0.3) is 11.0 Å². The van der Waals surface area contributed by atoms with Gasteiger partial charge in [-0.15, -0.1) is 0 Å². The SMILES string of the molecule is Cn1nc2cnn(C)c2c1Cl. The minimum absolute atomic E-state index is 0.625. The van der Waals surface area contributed by atoms with Crippen molar-refractivity contribution in [2.24, 2.45) is 14.1 Å². The maximum atomic E-state index is 5.93. The van der Waals surface area contributed by atoms with Crippen LogP contribution in [0.4, 0.5) is 0 Å². The summed E-state index contributed by atoms with van der Waals surface area (Å²) in [6.07, 6.45) is 1.70. The molecule has 0 saturated carbocycles. The summed E-state index contributed by atoms with van der Waals surface area (Å²) in [6.45, 7) is 0. The zero-order valence-electron chi connectivity index (χ0n) is 6.24. The largest absolute Gasteiger partial charge is 0.263 e. The molecular weight excluding hydrogens is 164 g/mol. The summed E-state index contributed by atoms with van der Waals surface area (Å²) in [4.78, 5) is 0. The maximum Gasteiger partial charge on any atom is 0.152 e. The minimum Gasteiger partial charge on any atom is -0.263 e. The number of hydrogen-bond donors (Lipinski definition) is 0. The molecule has 0 saturated heterocycles. The normalized spacial score (nSPS) is 11.2. The summed E-state index contributed by atoms with van der Waals surface area (Å²) in [5.74, 6) is 0. The summed E-state index contributed by atoms with van der Waals surface area (Å²) < 4.78 is 3.35. The van der Waals surface area contributed by atoms with Crippen molar-refractivity contribution in [3.05, 3.63) is 11.3 Å². The molecule has 0 aliphatic carbocycles. The average Bonchev–Trinajstić information content (AvgIpc) is 2.41. The quantitative estimate of drug-likeness (QED) is 0.591. The fourth-order valence-corrected chi connectivity index (χ4v) is 1.35. The Hall–Kier alpha value is -1.03. The number of nitrogens with zero attached hydrogens (tertiary/aromatic N) is 4. The van der Waals surface area contributed by atoms with Gasteiger partial charge in [0, 0.05) is 14.1 Å². The summed E-state index contributed by atoms with van der Waals surface area (Å²) in [5, 5.41) is 8.77. The third kappa shape index (κ3) is 0.758. The van der Waals surface area contributed by atoms with Crippen LogP contribution in [-0.2, 0) is 14.1 Å². The lowest BCUT2D eigenvalue weighted by molar-refractivity contribution is 0.758. The second kappa shape index (κ2) is 1.98. The molecule has 5 heteroatoms. The first kappa shape index (κ1) is 6.67. The van der Waals surface area contributed by atoms with Gasteiger partial charge in [0.15, 0.2) is 5.15 Å². The van der Waals surface area contributed by atoms with Gasteiger partial charge >= 0.3 is 0 Å². The monoisotopic (exact) mass is 170 g/mol. The second-order valence-electron chi connectivity index (χ2n) is 2.42. The van der Waals surface area contributed by atoms with Crippen LogP contribution < -0.4 is 0 Å². The molecule has 58 valence electrons. The molecule has 0 amide bonds.